The van der Waals surface area contributed by atoms with Crippen molar-refractivity contribution >= 4 is 11.9 Å². The Morgan fingerprint density at radius 1 is 1.26 bits per heavy atom. The average molecular weight is 267 g/mol. The predicted molar refractivity (Wildman–Crippen MR) is 71.3 cm³/mol. The SMILES string of the molecule is CCOC(=O)c1c(C(=O)OC(C)(C)C)cn(C)c1C. The molecule has 0 fully saturated rings. The van der Waals surface area contributed by atoms with Crippen molar-refractivity contribution in [2.24, 2.45) is 7.05 Å². The van der Waals surface area contributed by atoms with E-state index in [1.165, 1.54) is 0 Å². The fourth-order valence-corrected chi connectivity index (χ4v) is 1.68. The van der Waals surface area contributed by atoms with Crippen LogP contribution in [0.4, 0.5) is 0 Å². The normalized spacial score (nSPS) is 11.3. The van der Waals surface area contributed by atoms with Crippen LogP contribution in [0.15, 0.2) is 6.20 Å². The van der Waals surface area contributed by atoms with Crippen molar-refractivity contribution in [3.8, 4) is 0 Å². The fraction of sp³-hybridized carbons (Fsp3) is 0.571. The van der Waals surface area contributed by atoms with Crippen LogP contribution < -0.4 is 0 Å². The van der Waals surface area contributed by atoms with Gasteiger partial charge in [0, 0.05) is 18.9 Å². The number of carbonyl (C=O) groups is 2. The molecule has 1 aromatic rings. The van der Waals surface area contributed by atoms with Gasteiger partial charge in [-0.2, -0.15) is 0 Å². The lowest BCUT2D eigenvalue weighted by Crippen LogP contribution is -2.25. The molecule has 0 saturated heterocycles. The molecule has 0 aliphatic heterocycles. The van der Waals surface area contributed by atoms with Crippen LogP contribution in [-0.2, 0) is 16.5 Å². The van der Waals surface area contributed by atoms with Crippen LogP contribution in [0.1, 0.15) is 54.1 Å². The summed E-state index contributed by atoms with van der Waals surface area (Å²) in [6.07, 6.45) is 1.59. The van der Waals surface area contributed by atoms with Gasteiger partial charge in [-0.3, -0.25) is 0 Å². The van der Waals surface area contributed by atoms with Gasteiger partial charge in [-0.1, -0.05) is 0 Å². The highest BCUT2D eigenvalue weighted by atomic mass is 16.6. The Kier molecular flexibility index (Phi) is 4.39. The van der Waals surface area contributed by atoms with E-state index in [-0.39, 0.29) is 17.7 Å². The molecule has 19 heavy (non-hydrogen) atoms. The van der Waals surface area contributed by atoms with E-state index in [1.807, 2.05) is 0 Å². The summed E-state index contributed by atoms with van der Waals surface area (Å²) in [5.41, 5.74) is 0.596. The van der Waals surface area contributed by atoms with Crippen molar-refractivity contribution < 1.29 is 19.1 Å². The van der Waals surface area contributed by atoms with E-state index in [2.05, 4.69) is 0 Å². The molecule has 0 aliphatic rings. The molecule has 0 unspecified atom stereocenters. The molecule has 0 radical (unpaired) electrons. The van der Waals surface area contributed by atoms with E-state index in [0.717, 1.165) is 0 Å². The molecule has 0 aliphatic carbocycles. The van der Waals surface area contributed by atoms with Crippen LogP contribution >= 0.6 is 0 Å². The molecule has 0 N–H and O–H groups in total. The highest BCUT2D eigenvalue weighted by Crippen LogP contribution is 2.21. The van der Waals surface area contributed by atoms with Gasteiger partial charge in [-0.15, -0.1) is 0 Å². The van der Waals surface area contributed by atoms with E-state index < -0.39 is 17.5 Å². The predicted octanol–water partition coefficient (Wildman–Crippen LogP) is 2.47. The van der Waals surface area contributed by atoms with Crippen LogP contribution in [0.2, 0.25) is 0 Å². The van der Waals surface area contributed by atoms with Crippen LogP contribution in [0.3, 0.4) is 0 Å². The summed E-state index contributed by atoms with van der Waals surface area (Å²) in [5.74, 6) is -1.01. The third-order valence-corrected chi connectivity index (χ3v) is 2.58. The Morgan fingerprint density at radius 2 is 1.84 bits per heavy atom. The third-order valence-electron chi connectivity index (χ3n) is 2.58. The Labute approximate surface area is 113 Å². The van der Waals surface area contributed by atoms with Gasteiger partial charge < -0.3 is 14.0 Å². The Bertz CT molecular complexity index is 494. The van der Waals surface area contributed by atoms with E-state index >= 15 is 0 Å². The van der Waals surface area contributed by atoms with E-state index in [1.54, 1.807) is 52.4 Å². The first-order valence-corrected chi connectivity index (χ1v) is 6.23. The Balaban J connectivity index is 3.17. The zero-order chi connectivity index (χ0) is 14.8. The topological polar surface area (TPSA) is 57.5 Å². The molecular weight excluding hydrogens is 246 g/mol. The zero-order valence-electron chi connectivity index (χ0n) is 12.4. The minimum absolute atomic E-state index is 0.244. The molecule has 0 atom stereocenters. The van der Waals surface area contributed by atoms with E-state index in [4.69, 9.17) is 9.47 Å². The number of carbonyl (C=O) groups excluding carboxylic acids is 2. The van der Waals surface area contributed by atoms with Crippen molar-refractivity contribution in [3.05, 3.63) is 23.0 Å². The minimum Gasteiger partial charge on any atom is -0.462 e. The summed E-state index contributed by atoms with van der Waals surface area (Å²) in [6, 6.07) is 0. The van der Waals surface area contributed by atoms with Crippen molar-refractivity contribution in [2.75, 3.05) is 6.61 Å². The number of aromatic nitrogens is 1. The molecule has 0 bridgehead atoms. The molecule has 1 rings (SSSR count). The number of aryl methyl sites for hydroxylation is 1. The second kappa shape index (κ2) is 5.47. The summed E-state index contributed by atoms with van der Waals surface area (Å²) in [5, 5.41) is 0. The van der Waals surface area contributed by atoms with Gasteiger partial charge in [0.05, 0.1) is 17.7 Å². The summed E-state index contributed by atoms with van der Waals surface area (Å²) in [7, 11) is 1.77. The van der Waals surface area contributed by atoms with Gasteiger partial charge in [-0.05, 0) is 34.6 Å². The largest absolute Gasteiger partial charge is 0.462 e. The molecule has 0 amide bonds. The lowest BCUT2D eigenvalue weighted by Gasteiger charge is -2.19. The van der Waals surface area contributed by atoms with Crippen molar-refractivity contribution in [3.63, 3.8) is 0 Å². The van der Waals surface area contributed by atoms with Crippen molar-refractivity contribution in [2.45, 2.75) is 40.2 Å². The van der Waals surface area contributed by atoms with Crippen LogP contribution in [0, 0.1) is 6.92 Å². The highest BCUT2D eigenvalue weighted by Gasteiger charge is 2.27. The average Bonchev–Trinajstić information content (AvgIpc) is 2.53. The Morgan fingerprint density at radius 3 is 2.32 bits per heavy atom. The molecule has 0 aromatic carbocycles. The monoisotopic (exact) mass is 267 g/mol. The second-order valence-electron chi connectivity index (χ2n) is 5.34. The summed E-state index contributed by atoms with van der Waals surface area (Å²) in [4.78, 5) is 24.0. The summed E-state index contributed by atoms with van der Waals surface area (Å²) < 4.78 is 12.0. The molecule has 0 saturated carbocycles. The third kappa shape index (κ3) is 3.59. The molecule has 1 heterocycles. The number of ether oxygens (including phenoxy) is 2. The van der Waals surface area contributed by atoms with Gasteiger partial charge in [0.25, 0.3) is 0 Å². The van der Waals surface area contributed by atoms with Crippen LogP contribution in [-0.4, -0.2) is 28.7 Å². The minimum atomic E-state index is -0.604. The molecule has 5 heteroatoms. The number of nitrogens with zero attached hydrogens (tertiary/aromatic N) is 1. The zero-order valence-corrected chi connectivity index (χ0v) is 12.4. The van der Waals surface area contributed by atoms with Gasteiger partial charge in [0.15, 0.2) is 0 Å². The first kappa shape index (κ1) is 15.3. The van der Waals surface area contributed by atoms with Gasteiger partial charge in [0.2, 0.25) is 0 Å². The number of rotatable bonds is 3. The van der Waals surface area contributed by atoms with E-state index in [9.17, 15) is 9.59 Å². The number of hydrogen-bond donors (Lipinski definition) is 0. The molecular formula is C14H21NO4. The van der Waals surface area contributed by atoms with Gasteiger partial charge in [0.1, 0.15) is 5.60 Å². The standard InChI is InChI=1S/C14H21NO4/c1-7-18-13(17)11-9(2)15(6)8-10(11)12(16)19-14(3,4)5/h8H,7H2,1-6H3. The van der Waals surface area contributed by atoms with Crippen molar-refractivity contribution in [1.82, 2.24) is 4.57 Å². The lowest BCUT2D eigenvalue weighted by molar-refractivity contribution is 0.00646. The number of hydrogen-bond acceptors (Lipinski definition) is 4. The van der Waals surface area contributed by atoms with Gasteiger partial charge >= 0.3 is 11.9 Å². The first-order chi connectivity index (χ1) is 8.67. The smallest absolute Gasteiger partial charge is 0.341 e. The van der Waals surface area contributed by atoms with Crippen LogP contribution in [0.5, 0.6) is 0 Å². The van der Waals surface area contributed by atoms with Crippen molar-refractivity contribution in [1.29, 1.82) is 0 Å². The fourth-order valence-electron chi connectivity index (χ4n) is 1.68. The molecule has 106 valence electrons. The first-order valence-electron chi connectivity index (χ1n) is 6.23. The highest BCUT2D eigenvalue weighted by molar-refractivity contribution is 6.04. The van der Waals surface area contributed by atoms with Crippen LogP contribution in [0.25, 0.3) is 0 Å². The maximum absolute atomic E-state index is 12.1. The molecule has 1 aromatic heterocycles. The summed E-state index contributed by atoms with van der Waals surface area (Å²) >= 11 is 0. The van der Waals surface area contributed by atoms with Gasteiger partial charge in [-0.25, -0.2) is 9.59 Å². The van der Waals surface area contributed by atoms with E-state index in [0.29, 0.717) is 5.69 Å². The quantitative estimate of drug-likeness (QED) is 0.789. The number of esters is 2. The maximum atomic E-state index is 12.1. The molecule has 0 spiro atoms. The Hall–Kier alpha value is -1.78. The lowest BCUT2D eigenvalue weighted by atomic mass is 10.1. The molecule has 5 nitrogen and oxygen atoms in total. The second-order valence-corrected chi connectivity index (χ2v) is 5.34. The maximum Gasteiger partial charge on any atom is 0.341 e. The summed E-state index contributed by atoms with van der Waals surface area (Å²) in [6.45, 7) is 9.10.